The van der Waals surface area contributed by atoms with Crippen molar-refractivity contribution < 1.29 is 0 Å². The summed E-state index contributed by atoms with van der Waals surface area (Å²) in [5.74, 6) is 0.604. The van der Waals surface area contributed by atoms with Gasteiger partial charge in [-0.3, -0.25) is 4.57 Å². The summed E-state index contributed by atoms with van der Waals surface area (Å²) in [6.07, 6.45) is 0. The summed E-state index contributed by atoms with van der Waals surface area (Å²) in [4.78, 5) is 6.11. The van der Waals surface area contributed by atoms with Gasteiger partial charge in [0.2, 0.25) is 0 Å². The zero-order valence-corrected chi connectivity index (χ0v) is 51.8. The molecule has 0 fully saturated rings. The van der Waals surface area contributed by atoms with E-state index in [2.05, 4.69) is 320 Å². The monoisotopic (exact) mass is 1210 g/mol. The molecular weight excluding hydrogens is 1150 g/mol. The molecule has 0 spiro atoms. The fraction of sp³-hybridized carbons (Fsp3) is 0. The molecule has 2 aromatic heterocycles. The van der Waals surface area contributed by atoms with Crippen LogP contribution in [-0.4, -0.2) is 9.55 Å². The third-order valence-electron chi connectivity index (χ3n) is 18.3. The van der Waals surface area contributed by atoms with Gasteiger partial charge in [0.05, 0.1) is 27.9 Å². The van der Waals surface area contributed by atoms with Crippen LogP contribution < -0.4 is 0 Å². The summed E-state index contributed by atoms with van der Waals surface area (Å²) in [5.41, 5.74) is 24.6. The molecule has 0 saturated carbocycles. The zero-order valence-electron chi connectivity index (χ0n) is 51.8. The molecular formula is C91H58N4. The van der Waals surface area contributed by atoms with Crippen molar-refractivity contribution >= 4 is 21.8 Å². The molecule has 4 heteroatoms. The molecule has 0 saturated heterocycles. The van der Waals surface area contributed by atoms with Gasteiger partial charge in [-0.1, -0.05) is 315 Å². The summed E-state index contributed by atoms with van der Waals surface area (Å²) in [6.45, 7) is 0. The molecule has 95 heavy (non-hydrogen) atoms. The van der Waals surface area contributed by atoms with Crippen molar-refractivity contribution in [1.82, 2.24) is 9.55 Å². The van der Waals surface area contributed by atoms with Gasteiger partial charge in [0.25, 0.3) is 0 Å². The highest BCUT2D eigenvalue weighted by Crippen LogP contribution is 2.56. The standard InChI is InChI=1S/C91H58N4/c92-59-76-82(63-35-15-3-16-36-63)85(65-39-19-5-20-40-65)88(68-45-25-8-26-46-68)87(67-43-23-7-24-44-67)84(76)73-57-78(94-81(58-73)95-79-53-51-71(61-31-11-1-12-32-61)55-74(79)75-56-72(52-54-80(75)95)62-33-13-2-14-34-62)91-77(60-93)83(64-37-17-4-18-38-64)86(66-41-21-6-22-42-66)89(69-47-27-9-28-48-69)90(91)70-49-29-10-30-50-70/h1-58H. The van der Waals surface area contributed by atoms with Crippen LogP contribution in [0.4, 0.5) is 0 Å². The number of nitrogens with zero attached hydrogens (tertiary/aromatic N) is 4. The molecule has 0 atom stereocenters. The third kappa shape index (κ3) is 10.4. The van der Waals surface area contributed by atoms with Crippen LogP contribution in [0.2, 0.25) is 0 Å². The second kappa shape index (κ2) is 25.0. The lowest BCUT2D eigenvalue weighted by Gasteiger charge is -2.28. The maximum Gasteiger partial charge on any atom is 0.138 e. The van der Waals surface area contributed by atoms with E-state index < -0.39 is 0 Å². The van der Waals surface area contributed by atoms with Gasteiger partial charge in [0, 0.05) is 38.6 Å². The topological polar surface area (TPSA) is 65.4 Å². The normalized spacial score (nSPS) is 11.1. The lowest BCUT2D eigenvalue weighted by molar-refractivity contribution is 1.08. The van der Waals surface area contributed by atoms with Gasteiger partial charge in [-0.05, 0) is 137 Å². The Kier molecular flexibility index (Phi) is 15.1. The van der Waals surface area contributed by atoms with Gasteiger partial charge in [0.1, 0.15) is 18.0 Å². The van der Waals surface area contributed by atoms with Crippen LogP contribution >= 0.6 is 0 Å². The molecule has 0 bridgehead atoms. The predicted molar refractivity (Wildman–Crippen MR) is 393 cm³/mol. The lowest BCUT2D eigenvalue weighted by atomic mass is 9.75. The van der Waals surface area contributed by atoms with E-state index in [1.807, 2.05) is 48.5 Å². The van der Waals surface area contributed by atoms with Crippen molar-refractivity contribution in [3.8, 4) is 152 Å². The highest BCUT2D eigenvalue weighted by atomic mass is 15.1. The summed E-state index contributed by atoms with van der Waals surface area (Å²) in [5, 5.41) is 27.3. The van der Waals surface area contributed by atoms with Crippen LogP contribution in [0.15, 0.2) is 352 Å². The Balaban J connectivity index is 1.15. The molecule has 16 rings (SSSR count). The molecule has 16 aromatic rings. The van der Waals surface area contributed by atoms with Gasteiger partial charge in [0.15, 0.2) is 0 Å². The minimum atomic E-state index is 0.463. The highest BCUT2D eigenvalue weighted by molar-refractivity contribution is 6.15. The van der Waals surface area contributed by atoms with Crippen LogP contribution in [-0.2, 0) is 0 Å². The van der Waals surface area contributed by atoms with Crippen LogP contribution in [0.25, 0.3) is 161 Å². The Morgan fingerprint density at radius 3 is 0.747 bits per heavy atom. The molecule has 0 aliphatic heterocycles. The summed E-state index contributed by atoms with van der Waals surface area (Å²) >= 11 is 0. The second-order valence-corrected chi connectivity index (χ2v) is 23.8. The summed E-state index contributed by atoms with van der Waals surface area (Å²) in [7, 11) is 0. The molecule has 442 valence electrons. The van der Waals surface area contributed by atoms with Gasteiger partial charge in [-0.15, -0.1) is 0 Å². The number of rotatable bonds is 13. The molecule has 0 radical (unpaired) electrons. The molecule has 0 aliphatic rings. The molecule has 0 N–H and O–H groups in total. The molecule has 0 aliphatic carbocycles. The van der Waals surface area contributed by atoms with Crippen LogP contribution in [0.3, 0.4) is 0 Å². The molecule has 4 nitrogen and oxygen atoms in total. The average molecular weight is 1210 g/mol. The van der Waals surface area contributed by atoms with Crippen molar-refractivity contribution in [1.29, 1.82) is 10.5 Å². The van der Waals surface area contributed by atoms with Crippen LogP contribution in [0.5, 0.6) is 0 Å². The van der Waals surface area contributed by atoms with Crippen molar-refractivity contribution in [2.45, 2.75) is 0 Å². The summed E-state index contributed by atoms with van der Waals surface area (Å²) < 4.78 is 2.30. The van der Waals surface area contributed by atoms with Crippen LogP contribution in [0, 0.1) is 22.7 Å². The van der Waals surface area contributed by atoms with E-state index >= 15 is 0 Å². The van der Waals surface area contributed by atoms with Crippen LogP contribution in [0.1, 0.15) is 11.1 Å². The van der Waals surface area contributed by atoms with Gasteiger partial charge >= 0.3 is 0 Å². The van der Waals surface area contributed by atoms with E-state index in [4.69, 9.17) is 4.98 Å². The van der Waals surface area contributed by atoms with E-state index in [1.54, 1.807) is 0 Å². The first-order valence-corrected chi connectivity index (χ1v) is 32.1. The smallest absolute Gasteiger partial charge is 0.138 e. The Labute approximate surface area is 553 Å². The zero-order chi connectivity index (χ0) is 63.6. The first kappa shape index (κ1) is 57.2. The number of benzene rings is 14. The number of fused-ring (bicyclic) bond motifs is 3. The number of aromatic nitrogens is 2. The second-order valence-electron chi connectivity index (χ2n) is 23.8. The fourth-order valence-electron chi connectivity index (χ4n) is 14.2. The Hall–Kier alpha value is -13.0. The van der Waals surface area contributed by atoms with E-state index in [9.17, 15) is 10.5 Å². The van der Waals surface area contributed by atoms with Gasteiger partial charge in [-0.25, -0.2) is 4.98 Å². The van der Waals surface area contributed by atoms with Gasteiger partial charge < -0.3 is 0 Å². The van der Waals surface area contributed by atoms with Crippen molar-refractivity contribution in [2.75, 3.05) is 0 Å². The average Bonchev–Trinajstić information content (AvgIpc) is 1.34. The Morgan fingerprint density at radius 2 is 0.453 bits per heavy atom. The maximum atomic E-state index is 12.6. The maximum absolute atomic E-state index is 12.6. The Morgan fingerprint density at radius 1 is 0.211 bits per heavy atom. The number of hydrogen-bond acceptors (Lipinski definition) is 3. The fourth-order valence-corrected chi connectivity index (χ4v) is 14.2. The number of nitriles is 2. The van der Waals surface area contributed by atoms with E-state index in [1.165, 1.54) is 0 Å². The predicted octanol–water partition coefficient (Wildman–Crippen LogP) is 23.9. The Bertz CT molecular complexity index is 5240. The molecule has 2 heterocycles. The first-order valence-electron chi connectivity index (χ1n) is 32.1. The van der Waals surface area contributed by atoms with E-state index in [0.29, 0.717) is 28.2 Å². The molecule has 0 amide bonds. The summed E-state index contributed by atoms with van der Waals surface area (Å²) in [6, 6.07) is 129. The van der Waals surface area contributed by atoms with Crippen molar-refractivity contribution in [2.24, 2.45) is 0 Å². The van der Waals surface area contributed by atoms with Gasteiger partial charge in [-0.2, -0.15) is 10.5 Å². The van der Waals surface area contributed by atoms with E-state index in [-0.39, 0.29) is 0 Å². The third-order valence-corrected chi connectivity index (χ3v) is 18.3. The minimum Gasteiger partial charge on any atom is -0.294 e. The highest BCUT2D eigenvalue weighted by Gasteiger charge is 2.33. The van der Waals surface area contributed by atoms with Crippen molar-refractivity contribution in [3.63, 3.8) is 0 Å². The molecule has 0 unspecified atom stereocenters. The minimum absolute atomic E-state index is 0.463. The quantitative estimate of drug-likeness (QED) is 0.116. The first-order chi connectivity index (χ1) is 47.1. The number of pyridine rings is 1. The lowest BCUT2D eigenvalue weighted by Crippen LogP contribution is -2.06. The SMILES string of the molecule is N#Cc1c(-c2ccccc2)c(-c2ccccc2)c(-c2ccccc2)c(-c2ccccc2)c1-c1cc(-c2c(C#N)c(-c3ccccc3)c(-c3ccccc3)c(-c3ccccc3)c2-c2ccccc2)nc(-n2c3ccc(-c4ccccc4)cc3c3cc(-c4ccccc4)ccc32)c1. The van der Waals surface area contributed by atoms with Crippen molar-refractivity contribution in [3.05, 3.63) is 363 Å². The molecule has 14 aromatic carbocycles. The number of hydrogen-bond donors (Lipinski definition) is 0. The van der Waals surface area contributed by atoms with E-state index in [0.717, 1.165) is 144 Å². The largest absolute Gasteiger partial charge is 0.294 e.